The van der Waals surface area contributed by atoms with Gasteiger partial charge in [-0.25, -0.2) is 0 Å². The first-order valence-electron chi connectivity index (χ1n) is 5.88. The van der Waals surface area contributed by atoms with Gasteiger partial charge in [0.05, 0.1) is 5.38 Å². The number of alkyl halides is 1. The third-order valence-electron chi connectivity index (χ3n) is 3.19. The standard InChI is InChI=1S/C15H19Cl/c1-11-5-4-6-12(7-11)13-8-14(16)10-15(2,3)9-13/h4-8,14H,9-10H2,1-3H3. The van der Waals surface area contributed by atoms with Gasteiger partial charge in [-0.05, 0) is 36.3 Å². The molecule has 0 saturated heterocycles. The third-order valence-corrected chi connectivity index (χ3v) is 3.47. The van der Waals surface area contributed by atoms with Gasteiger partial charge in [0.25, 0.3) is 0 Å². The summed E-state index contributed by atoms with van der Waals surface area (Å²) in [6, 6.07) is 8.69. The van der Waals surface area contributed by atoms with Gasteiger partial charge in [0.15, 0.2) is 0 Å². The van der Waals surface area contributed by atoms with Gasteiger partial charge < -0.3 is 0 Å². The highest BCUT2D eigenvalue weighted by molar-refractivity contribution is 6.22. The third kappa shape index (κ3) is 2.68. The predicted molar refractivity (Wildman–Crippen MR) is 71.8 cm³/mol. The minimum absolute atomic E-state index is 0.180. The van der Waals surface area contributed by atoms with E-state index in [1.165, 1.54) is 16.7 Å². The molecule has 0 spiro atoms. The molecule has 1 aromatic carbocycles. The van der Waals surface area contributed by atoms with Crippen LogP contribution in [0.25, 0.3) is 5.57 Å². The van der Waals surface area contributed by atoms with E-state index in [0.717, 1.165) is 12.8 Å². The van der Waals surface area contributed by atoms with Crippen LogP contribution >= 0.6 is 11.6 Å². The summed E-state index contributed by atoms with van der Waals surface area (Å²) in [6.45, 7) is 6.73. The van der Waals surface area contributed by atoms with Crippen LogP contribution in [0.2, 0.25) is 0 Å². The Hall–Kier alpha value is -0.750. The summed E-state index contributed by atoms with van der Waals surface area (Å²) in [7, 11) is 0. The molecule has 2 rings (SSSR count). The lowest BCUT2D eigenvalue weighted by molar-refractivity contribution is 0.340. The monoisotopic (exact) mass is 234 g/mol. The normalized spacial score (nSPS) is 24.0. The smallest absolute Gasteiger partial charge is 0.0527 e. The van der Waals surface area contributed by atoms with Crippen LogP contribution in [0, 0.1) is 12.3 Å². The van der Waals surface area contributed by atoms with Crippen molar-refractivity contribution in [2.45, 2.75) is 39.0 Å². The van der Waals surface area contributed by atoms with E-state index in [1.807, 2.05) is 0 Å². The molecule has 0 fully saturated rings. The first-order valence-corrected chi connectivity index (χ1v) is 6.32. The fraction of sp³-hybridized carbons (Fsp3) is 0.467. The molecule has 0 nitrogen and oxygen atoms in total. The van der Waals surface area contributed by atoms with Gasteiger partial charge >= 0.3 is 0 Å². The molecule has 0 aromatic heterocycles. The summed E-state index contributed by atoms with van der Waals surface area (Å²) in [4.78, 5) is 0. The van der Waals surface area contributed by atoms with Crippen molar-refractivity contribution in [3.05, 3.63) is 41.5 Å². The molecule has 1 heteroatoms. The second-order valence-corrected chi connectivity index (χ2v) is 6.18. The van der Waals surface area contributed by atoms with E-state index in [9.17, 15) is 0 Å². The Labute approximate surface area is 103 Å². The van der Waals surface area contributed by atoms with Crippen LogP contribution in [-0.4, -0.2) is 5.38 Å². The number of aryl methyl sites for hydroxylation is 1. The van der Waals surface area contributed by atoms with Gasteiger partial charge in [-0.15, -0.1) is 11.6 Å². The Bertz CT molecular complexity index is 415. The molecule has 0 bridgehead atoms. The molecule has 0 aliphatic heterocycles. The summed E-state index contributed by atoms with van der Waals surface area (Å²) in [5.74, 6) is 0. The Kier molecular flexibility index (Phi) is 3.12. The summed E-state index contributed by atoms with van der Waals surface area (Å²) in [5.41, 5.74) is 4.37. The van der Waals surface area contributed by atoms with E-state index in [1.54, 1.807) is 0 Å². The predicted octanol–water partition coefficient (Wildman–Crippen LogP) is 4.81. The Morgan fingerprint density at radius 3 is 2.69 bits per heavy atom. The van der Waals surface area contributed by atoms with Gasteiger partial charge in [0.1, 0.15) is 0 Å². The van der Waals surface area contributed by atoms with E-state index in [-0.39, 0.29) is 5.38 Å². The average Bonchev–Trinajstić information content (AvgIpc) is 2.14. The first kappa shape index (κ1) is 11.7. The molecule has 1 aliphatic carbocycles. The topological polar surface area (TPSA) is 0 Å². The molecule has 1 unspecified atom stereocenters. The molecule has 0 heterocycles. The van der Waals surface area contributed by atoms with Gasteiger partial charge in [-0.2, -0.15) is 0 Å². The quantitative estimate of drug-likeness (QED) is 0.612. The number of hydrogen-bond acceptors (Lipinski definition) is 0. The summed E-state index contributed by atoms with van der Waals surface area (Å²) >= 11 is 6.31. The van der Waals surface area contributed by atoms with Crippen molar-refractivity contribution >= 4 is 17.2 Å². The zero-order valence-electron chi connectivity index (χ0n) is 10.3. The van der Waals surface area contributed by atoms with E-state index < -0.39 is 0 Å². The zero-order chi connectivity index (χ0) is 11.8. The lowest BCUT2D eigenvalue weighted by Gasteiger charge is -2.32. The summed E-state index contributed by atoms with van der Waals surface area (Å²) in [6.07, 6.45) is 4.42. The number of benzene rings is 1. The molecule has 86 valence electrons. The average molecular weight is 235 g/mol. The van der Waals surface area contributed by atoms with Crippen LogP contribution in [-0.2, 0) is 0 Å². The molecular weight excluding hydrogens is 216 g/mol. The Balaban J connectivity index is 2.34. The van der Waals surface area contributed by atoms with Crippen LogP contribution in [0.3, 0.4) is 0 Å². The van der Waals surface area contributed by atoms with Crippen LogP contribution in [0.1, 0.15) is 37.8 Å². The van der Waals surface area contributed by atoms with Gasteiger partial charge in [0, 0.05) is 0 Å². The molecule has 0 radical (unpaired) electrons. The number of halogens is 1. The van der Waals surface area contributed by atoms with Crippen LogP contribution in [0.5, 0.6) is 0 Å². The maximum absolute atomic E-state index is 6.31. The lowest BCUT2D eigenvalue weighted by atomic mass is 9.75. The van der Waals surface area contributed by atoms with Crippen molar-refractivity contribution in [3.63, 3.8) is 0 Å². The van der Waals surface area contributed by atoms with Crippen molar-refractivity contribution in [2.24, 2.45) is 5.41 Å². The van der Waals surface area contributed by atoms with Crippen molar-refractivity contribution in [1.29, 1.82) is 0 Å². The van der Waals surface area contributed by atoms with Crippen LogP contribution < -0.4 is 0 Å². The molecular formula is C15H19Cl. The van der Waals surface area contributed by atoms with Crippen LogP contribution in [0.4, 0.5) is 0 Å². The fourth-order valence-corrected chi connectivity index (χ4v) is 3.06. The highest BCUT2D eigenvalue weighted by atomic mass is 35.5. The van der Waals surface area contributed by atoms with E-state index in [0.29, 0.717) is 5.41 Å². The van der Waals surface area contributed by atoms with Crippen molar-refractivity contribution < 1.29 is 0 Å². The molecule has 1 aliphatic rings. The van der Waals surface area contributed by atoms with E-state index >= 15 is 0 Å². The second kappa shape index (κ2) is 4.25. The minimum Gasteiger partial charge on any atom is -0.118 e. The minimum atomic E-state index is 0.180. The maximum atomic E-state index is 6.31. The fourth-order valence-electron chi connectivity index (χ4n) is 2.49. The SMILES string of the molecule is Cc1cccc(C2=CC(Cl)CC(C)(C)C2)c1. The first-order chi connectivity index (χ1) is 7.46. The lowest BCUT2D eigenvalue weighted by Crippen LogP contribution is -2.21. The van der Waals surface area contributed by atoms with E-state index in [2.05, 4.69) is 51.1 Å². The second-order valence-electron chi connectivity index (χ2n) is 5.62. The molecule has 1 atom stereocenters. The number of rotatable bonds is 1. The van der Waals surface area contributed by atoms with Gasteiger partial charge in [-0.3, -0.25) is 0 Å². The molecule has 0 N–H and O–H groups in total. The van der Waals surface area contributed by atoms with E-state index in [4.69, 9.17) is 11.6 Å². The summed E-state index contributed by atoms with van der Waals surface area (Å²) < 4.78 is 0. The van der Waals surface area contributed by atoms with Crippen LogP contribution in [0.15, 0.2) is 30.3 Å². The van der Waals surface area contributed by atoms with Gasteiger partial charge in [-0.1, -0.05) is 49.8 Å². The highest BCUT2D eigenvalue weighted by Crippen LogP contribution is 2.41. The Morgan fingerprint density at radius 1 is 1.31 bits per heavy atom. The zero-order valence-corrected chi connectivity index (χ0v) is 11.0. The number of hydrogen-bond donors (Lipinski definition) is 0. The molecule has 0 amide bonds. The number of allylic oxidation sites excluding steroid dienone is 2. The molecule has 0 saturated carbocycles. The maximum Gasteiger partial charge on any atom is 0.0527 e. The molecule has 1 aromatic rings. The summed E-state index contributed by atoms with van der Waals surface area (Å²) in [5, 5.41) is 0.180. The largest absolute Gasteiger partial charge is 0.118 e. The van der Waals surface area contributed by atoms with Crippen molar-refractivity contribution in [2.75, 3.05) is 0 Å². The van der Waals surface area contributed by atoms with Crippen molar-refractivity contribution in [1.82, 2.24) is 0 Å². The Morgan fingerprint density at radius 2 is 2.06 bits per heavy atom. The highest BCUT2D eigenvalue weighted by Gasteiger charge is 2.27. The van der Waals surface area contributed by atoms with Crippen molar-refractivity contribution in [3.8, 4) is 0 Å². The van der Waals surface area contributed by atoms with Gasteiger partial charge in [0.2, 0.25) is 0 Å². The molecule has 16 heavy (non-hydrogen) atoms.